The number of hydrogen-bond donors (Lipinski definition) is 4. The summed E-state index contributed by atoms with van der Waals surface area (Å²) in [5.74, 6) is -0.286. The zero-order valence-electron chi connectivity index (χ0n) is 18.9. The summed E-state index contributed by atoms with van der Waals surface area (Å²) in [6.07, 6.45) is 2.84. The number of H-pyrrole nitrogens is 1. The van der Waals surface area contributed by atoms with Crippen molar-refractivity contribution in [3.05, 3.63) is 96.8 Å². The molecule has 0 aliphatic heterocycles. The molecule has 3 aromatic carbocycles. The van der Waals surface area contributed by atoms with Crippen molar-refractivity contribution in [2.45, 2.75) is 19.1 Å². The van der Waals surface area contributed by atoms with Crippen LogP contribution in [-0.4, -0.2) is 34.3 Å². The quantitative estimate of drug-likeness (QED) is 0.116. The first-order chi connectivity index (χ1) is 17.4. The fourth-order valence-corrected chi connectivity index (χ4v) is 5.36. The second-order valence-corrected chi connectivity index (χ2v) is 10.2. The number of rotatable bonds is 8. The van der Waals surface area contributed by atoms with Crippen molar-refractivity contribution in [1.29, 1.82) is 0 Å². The number of nitrogens with zero attached hydrogens (tertiary/aromatic N) is 1. The van der Waals surface area contributed by atoms with Gasteiger partial charge in [-0.05, 0) is 80.1 Å². The van der Waals surface area contributed by atoms with E-state index in [4.69, 9.17) is 4.74 Å². The summed E-state index contributed by atoms with van der Waals surface area (Å²) in [4.78, 5) is 28.8. The highest BCUT2D eigenvalue weighted by Gasteiger charge is 2.23. The summed E-state index contributed by atoms with van der Waals surface area (Å²) in [7, 11) is 0. The lowest BCUT2D eigenvalue weighted by Gasteiger charge is -2.17. The molecule has 10 heteroatoms. The Balaban J connectivity index is 1.47. The van der Waals surface area contributed by atoms with Crippen LogP contribution in [0.2, 0.25) is 0 Å². The monoisotopic (exact) mass is 708 g/mol. The number of hydrazone groups is 1. The van der Waals surface area contributed by atoms with E-state index in [9.17, 15) is 14.7 Å². The molecule has 8 nitrogen and oxygen atoms in total. The Hall–Kier alpha value is -3.13. The highest BCUT2D eigenvalue weighted by atomic mass is 127. The van der Waals surface area contributed by atoms with Crippen LogP contribution in [0.5, 0.6) is 5.75 Å². The number of phenols is 1. The number of phenolic OH excluding ortho intramolecular Hbond substituents is 1. The molecule has 4 rings (SSSR count). The van der Waals surface area contributed by atoms with E-state index in [0.29, 0.717) is 12.7 Å². The van der Waals surface area contributed by atoms with Crippen LogP contribution in [0.25, 0.3) is 10.9 Å². The maximum Gasteiger partial charge on any atom is 0.408 e. The van der Waals surface area contributed by atoms with E-state index < -0.39 is 18.0 Å². The summed E-state index contributed by atoms with van der Waals surface area (Å²) in [6, 6.07) is 19.6. The van der Waals surface area contributed by atoms with Gasteiger partial charge in [0.15, 0.2) is 0 Å². The number of hydrogen-bond acceptors (Lipinski definition) is 5. The Labute approximate surface area is 234 Å². The number of carbonyl (C=O) groups excluding carboxylic acids is 2. The minimum Gasteiger partial charge on any atom is -0.506 e. The van der Waals surface area contributed by atoms with Gasteiger partial charge in [-0.15, -0.1) is 0 Å². The van der Waals surface area contributed by atoms with E-state index in [1.165, 1.54) is 6.21 Å². The standard InChI is InChI=1S/C26H22I2N4O4/c27-20-10-17(11-21(28)24(20)33)13-30-32-25(34)23(12-18-14-29-22-9-5-4-8-19(18)22)31-26(35)36-15-16-6-2-1-3-7-16/h1-11,13-14,23,29,33H,12,15H2,(H,31,35)(H,32,34)/b30-13-/t23-/m0/s1. The third-order valence-electron chi connectivity index (χ3n) is 5.35. The summed E-state index contributed by atoms with van der Waals surface area (Å²) >= 11 is 4.05. The second-order valence-electron chi connectivity index (χ2n) is 7.89. The van der Waals surface area contributed by atoms with E-state index in [2.05, 4.69) is 20.8 Å². The van der Waals surface area contributed by atoms with Crippen LogP contribution in [0.1, 0.15) is 16.7 Å². The van der Waals surface area contributed by atoms with Crippen molar-refractivity contribution in [1.82, 2.24) is 15.7 Å². The van der Waals surface area contributed by atoms with Gasteiger partial charge in [0.1, 0.15) is 18.4 Å². The van der Waals surface area contributed by atoms with E-state index in [0.717, 1.165) is 22.0 Å². The average Bonchev–Trinajstić information content (AvgIpc) is 3.29. The number of para-hydroxylation sites is 1. The Kier molecular flexibility index (Phi) is 8.80. The predicted molar refractivity (Wildman–Crippen MR) is 155 cm³/mol. The summed E-state index contributed by atoms with van der Waals surface area (Å²) in [6.45, 7) is 0.0877. The van der Waals surface area contributed by atoms with Gasteiger partial charge in [0.2, 0.25) is 0 Å². The number of aromatic nitrogens is 1. The topological polar surface area (TPSA) is 116 Å². The number of nitrogens with one attached hydrogen (secondary N) is 3. The van der Waals surface area contributed by atoms with Crippen molar-refractivity contribution in [2.75, 3.05) is 0 Å². The van der Waals surface area contributed by atoms with Crippen LogP contribution in [0.4, 0.5) is 4.79 Å². The molecule has 0 saturated carbocycles. The van der Waals surface area contributed by atoms with E-state index in [-0.39, 0.29) is 18.8 Å². The number of ether oxygens (including phenoxy) is 1. The Morgan fingerprint density at radius 1 is 1.06 bits per heavy atom. The highest BCUT2D eigenvalue weighted by Crippen LogP contribution is 2.26. The number of halogens is 2. The number of carbonyl (C=O) groups is 2. The molecule has 0 fully saturated rings. The third kappa shape index (κ3) is 6.75. The predicted octanol–water partition coefficient (Wildman–Crippen LogP) is 5.07. The molecule has 4 aromatic rings. The molecule has 184 valence electrons. The summed E-state index contributed by atoms with van der Waals surface area (Å²) < 4.78 is 6.67. The van der Waals surface area contributed by atoms with Crippen molar-refractivity contribution >= 4 is 74.3 Å². The van der Waals surface area contributed by atoms with Gasteiger partial charge < -0.3 is 20.1 Å². The summed E-state index contributed by atoms with van der Waals surface area (Å²) in [5, 5.41) is 17.6. The number of fused-ring (bicyclic) bond motifs is 1. The zero-order valence-corrected chi connectivity index (χ0v) is 23.2. The number of aromatic hydroxyl groups is 1. The molecule has 0 bridgehead atoms. The fraction of sp³-hybridized carbons (Fsp3) is 0.115. The van der Waals surface area contributed by atoms with Gasteiger partial charge in [-0.25, -0.2) is 10.2 Å². The first-order valence-corrected chi connectivity index (χ1v) is 13.1. The van der Waals surface area contributed by atoms with Gasteiger partial charge in [0.05, 0.1) is 13.4 Å². The molecule has 0 aliphatic rings. The smallest absolute Gasteiger partial charge is 0.408 e. The first-order valence-electron chi connectivity index (χ1n) is 10.9. The van der Waals surface area contributed by atoms with Crippen molar-refractivity contribution in [3.8, 4) is 5.75 Å². The third-order valence-corrected chi connectivity index (χ3v) is 6.99. The van der Waals surface area contributed by atoms with Gasteiger partial charge in [0, 0.05) is 23.5 Å². The van der Waals surface area contributed by atoms with Crippen LogP contribution >= 0.6 is 45.2 Å². The molecule has 1 atom stereocenters. The zero-order chi connectivity index (χ0) is 25.5. The van der Waals surface area contributed by atoms with Gasteiger partial charge in [0.25, 0.3) is 5.91 Å². The normalized spacial score (nSPS) is 11.9. The lowest BCUT2D eigenvalue weighted by atomic mass is 10.0. The van der Waals surface area contributed by atoms with Gasteiger partial charge >= 0.3 is 6.09 Å². The van der Waals surface area contributed by atoms with Crippen molar-refractivity contribution < 1.29 is 19.4 Å². The van der Waals surface area contributed by atoms with Crippen LogP contribution in [0, 0.1) is 7.14 Å². The molecular formula is C26H22I2N4O4. The maximum atomic E-state index is 13.0. The summed E-state index contributed by atoms with van der Waals surface area (Å²) in [5.41, 5.74) is 5.87. The maximum absolute atomic E-state index is 13.0. The molecular weight excluding hydrogens is 686 g/mol. The SMILES string of the molecule is O=C(N[C@@H](Cc1c[nH]c2ccccc12)C(=O)N/N=C\c1cc(I)c(O)c(I)c1)OCc1ccccc1. The lowest BCUT2D eigenvalue weighted by Crippen LogP contribution is -2.47. The number of amides is 2. The lowest BCUT2D eigenvalue weighted by molar-refractivity contribution is -0.123. The first kappa shape index (κ1) is 25.9. The van der Waals surface area contributed by atoms with Gasteiger partial charge in [-0.1, -0.05) is 48.5 Å². The molecule has 0 spiro atoms. The molecule has 36 heavy (non-hydrogen) atoms. The van der Waals surface area contributed by atoms with Crippen LogP contribution in [-0.2, 0) is 22.6 Å². The Bertz CT molecular complexity index is 1380. The highest BCUT2D eigenvalue weighted by molar-refractivity contribution is 14.1. The average molecular weight is 708 g/mol. The van der Waals surface area contributed by atoms with Crippen LogP contribution < -0.4 is 10.7 Å². The van der Waals surface area contributed by atoms with E-state index in [1.54, 1.807) is 12.1 Å². The minimum atomic E-state index is -0.926. The number of alkyl carbamates (subject to hydrolysis) is 1. The van der Waals surface area contributed by atoms with E-state index in [1.807, 2.05) is 106 Å². The molecule has 0 aliphatic carbocycles. The molecule has 4 N–H and O–H groups in total. The van der Waals surface area contributed by atoms with Crippen molar-refractivity contribution in [3.63, 3.8) is 0 Å². The van der Waals surface area contributed by atoms with Gasteiger partial charge in [-0.2, -0.15) is 5.10 Å². The Morgan fingerprint density at radius 3 is 2.50 bits per heavy atom. The van der Waals surface area contributed by atoms with Crippen LogP contribution in [0.15, 0.2) is 78.0 Å². The number of aromatic amines is 1. The van der Waals surface area contributed by atoms with E-state index >= 15 is 0 Å². The largest absolute Gasteiger partial charge is 0.506 e. The van der Waals surface area contributed by atoms with Crippen LogP contribution in [0.3, 0.4) is 0 Å². The molecule has 0 radical (unpaired) electrons. The fourth-order valence-electron chi connectivity index (χ4n) is 3.54. The molecule has 2 amide bonds. The van der Waals surface area contributed by atoms with Gasteiger partial charge in [-0.3, -0.25) is 4.79 Å². The molecule has 0 saturated heterocycles. The molecule has 0 unspecified atom stereocenters. The molecule has 1 heterocycles. The number of benzene rings is 3. The minimum absolute atomic E-state index is 0.0877. The Morgan fingerprint density at radius 2 is 1.75 bits per heavy atom. The molecule has 1 aromatic heterocycles. The van der Waals surface area contributed by atoms with Crippen molar-refractivity contribution in [2.24, 2.45) is 5.10 Å². The second kappa shape index (κ2) is 12.2.